The number of ether oxygens (including phenoxy) is 1. The number of carbonyl (C=O) groups is 1. The van der Waals surface area contributed by atoms with Crippen molar-refractivity contribution in [3.8, 4) is 17.6 Å². The first-order valence-corrected chi connectivity index (χ1v) is 4.58. The average Bonchev–Trinajstić information content (AvgIpc) is 2.27. The first kappa shape index (κ1) is 11.3. The molecule has 1 aromatic rings. The fraction of sp³-hybridized carbons (Fsp3) is 0.200. The summed E-state index contributed by atoms with van der Waals surface area (Å²) in [4.78, 5) is 11.4. The van der Waals surface area contributed by atoms with Crippen LogP contribution < -0.4 is 4.74 Å². The van der Waals surface area contributed by atoms with E-state index in [1.165, 1.54) is 19.2 Å². The first-order valence-electron chi connectivity index (χ1n) is 4.05. The molecule has 0 radical (unpaired) electrons. The molecule has 0 aliphatic carbocycles. The molecule has 0 aliphatic rings. The van der Waals surface area contributed by atoms with Crippen LogP contribution in [0.2, 0.25) is 0 Å². The van der Waals surface area contributed by atoms with E-state index in [9.17, 15) is 9.90 Å². The Morgan fingerprint density at radius 1 is 1.67 bits per heavy atom. The number of ketones is 1. The highest BCUT2D eigenvalue weighted by atomic mass is 35.5. The number of phenols is 1. The number of carbonyl (C=O) groups excluding carboxylic acids is 1. The van der Waals surface area contributed by atoms with E-state index >= 15 is 0 Å². The molecule has 0 amide bonds. The number of nitrogens with zero attached hydrogens (tertiary/aromatic N) is 1. The largest absolute Gasteiger partial charge is 0.507 e. The molecule has 0 fully saturated rings. The third-order valence-electron chi connectivity index (χ3n) is 1.88. The summed E-state index contributed by atoms with van der Waals surface area (Å²) in [6.07, 6.45) is 0. The predicted molar refractivity (Wildman–Crippen MR) is 54.4 cm³/mol. The Morgan fingerprint density at radius 3 is 2.80 bits per heavy atom. The van der Waals surface area contributed by atoms with Crippen molar-refractivity contribution in [3.05, 3.63) is 23.3 Å². The minimum atomic E-state index is -0.510. The fourth-order valence-corrected chi connectivity index (χ4v) is 1.34. The van der Waals surface area contributed by atoms with Crippen LogP contribution in [-0.4, -0.2) is 23.9 Å². The number of hydrogen-bond donors (Lipinski definition) is 1. The maximum absolute atomic E-state index is 11.4. The Hall–Kier alpha value is -1.73. The zero-order valence-corrected chi connectivity index (χ0v) is 8.71. The molecule has 0 saturated heterocycles. The Labute approximate surface area is 91.7 Å². The van der Waals surface area contributed by atoms with Crippen LogP contribution in [0.25, 0.3) is 0 Å². The van der Waals surface area contributed by atoms with Crippen molar-refractivity contribution in [2.45, 2.75) is 0 Å². The normalized spacial score (nSPS) is 9.40. The van der Waals surface area contributed by atoms with Gasteiger partial charge in [-0.05, 0) is 12.1 Å². The quantitative estimate of drug-likeness (QED) is 0.628. The number of halogens is 1. The van der Waals surface area contributed by atoms with Crippen LogP contribution in [-0.2, 0) is 0 Å². The van der Waals surface area contributed by atoms with Gasteiger partial charge in [0.05, 0.1) is 18.6 Å². The molecule has 0 heterocycles. The molecule has 0 atom stereocenters. The molecule has 1 rings (SSSR count). The number of methoxy groups -OCH3 is 1. The van der Waals surface area contributed by atoms with Crippen LogP contribution in [0.1, 0.15) is 15.9 Å². The van der Waals surface area contributed by atoms with Gasteiger partial charge in [-0.1, -0.05) is 0 Å². The first-order chi connectivity index (χ1) is 7.15. The third-order valence-corrected chi connectivity index (χ3v) is 2.12. The lowest BCUT2D eigenvalue weighted by molar-refractivity contribution is 0.101. The number of alkyl halides is 1. The van der Waals surface area contributed by atoms with E-state index in [0.717, 1.165) is 0 Å². The van der Waals surface area contributed by atoms with Crippen molar-refractivity contribution in [3.63, 3.8) is 0 Å². The van der Waals surface area contributed by atoms with Gasteiger partial charge < -0.3 is 9.84 Å². The Bertz CT molecular complexity index is 437. The van der Waals surface area contributed by atoms with E-state index < -0.39 is 5.78 Å². The van der Waals surface area contributed by atoms with Crippen molar-refractivity contribution in [1.82, 2.24) is 0 Å². The monoisotopic (exact) mass is 225 g/mol. The molecule has 0 saturated carbocycles. The van der Waals surface area contributed by atoms with E-state index in [-0.39, 0.29) is 28.5 Å². The summed E-state index contributed by atoms with van der Waals surface area (Å²) >= 11 is 5.37. The standard InChI is InChI=1S/C10H8ClNO3/c1-15-9-3-2-7(13)10(6(9)5-12)8(14)4-11/h2-3,13H,4H2,1H3. The molecule has 0 unspecified atom stereocenters. The highest BCUT2D eigenvalue weighted by Crippen LogP contribution is 2.29. The van der Waals surface area contributed by atoms with Crippen LogP contribution in [0, 0.1) is 11.3 Å². The maximum Gasteiger partial charge on any atom is 0.182 e. The molecular weight excluding hydrogens is 218 g/mol. The van der Waals surface area contributed by atoms with Crippen molar-refractivity contribution in [2.75, 3.05) is 13.0 Å². The minimum absolute atomic E-state index is 0.00292. The van der Waals surface area contributed by atoms with Crippen molar-refractivity contribution in [2.24, 2.45) is 0 Å². The zero-order chi connectivity index (χ0) is 11.4. The highest BCUT2D eigenvalue weighted by molar-refractivity contribution is 6.31. The second-order valence-corrected chi connectivity index (χ2v) is 2.97. The summed E-state index contributed by atoms with van der Waals surface area (Å²) in [6, 6.07) is 4.51. The number of Topliss-reactive ketones (excluding diaryl/α,β-unsaturated/α-hetero) is 1. The maximum atomic E-state index is 11.4. The van der Waals surface area contributed by atoms with E-state index in [1.54, 1.807) is 6.07 Å². The van der Waals surface area contributed by atoms with Crippen LogP contribution in [0.4, 0.5) is 0 Å². The average molecular weight is 226 g/mol. The number of nitriles is 1. The zero-order valence-electron chi connectivity index (χ0n) is 7.95. The predicted octanol–water partition coefficient (Wildman–Crippen LogP) is 1.69. The molecule has 1 N–H and O–H groups in total. The molecular formula is C10H8ClNO3. The van der Waals surface area contributed by atoms with Gasteiger partial charge in [-0.3, -0.25) is 4.79 Å². The summed E-state index contributed by atoms with van der Waals surface area (Å²) in [7, 11) is 1.38. The summed E-state index contributed by atoms with van der Waals surface area (Å²) in [6.45, 7) is 0. The number of rotatable bonds is 3. The number of aromatic hydroxyl groups is 1. The van der Waals surface area contributed by atoms with Crippen molar-refractivity contribution >= 4 is 17.4 Å². The van der Waals surface area contributed by atoms with Gasteiger partial charge in [0, 0.05) is 0 Å². The van der Waals surface area contributed by atoms with E-state index in [1.807, 2.05) is 0 Å². The summed E-state index contributed by atoms with van der Waals surface area (Å²) < 4.78 is 4.90. The van der Waals surface area contributed by atoms with Gasteiger partial charge in [0.2, 0.25) is 0 Å². The van der Waals surface area contributed by atoms with Gasteiger partial charge in [-0.25, -0.2) is 0 Å². The Balaban J connectivity index is 3.47. The van der Waals surface area contributed by atoms with Crippen LogP contribution in [0.15, 0.2) is 12.1 Å². The van der Waals surface area contributed by atoms with Gasteiger partial charge in [0.15, 0.2) is 5.78 Å². The number of phenolic OH excluding ortho intramolecular Hbond substituents is 1. The minimum Gasteiger partial charge on any atom is -0.507 e. The molecule has 0 bridgehead atoms. The molecule has 5 heteroatoms. The second kappa shape index (κ2) is 4.67. The van der Waals surface area contributed by atoms with Crippen LogP contribution in [0.5, 0.6) is 11.5 Å². The Kier molecular flexibility index (Phi) is 3.53. The fourth-order valence-electron chi connectivity index (χ4n) is 1.20. The summed E-state index contributed by atoms with van der Waals surface area (Å²) in [5.74, 6) is -0.832. The second-order valence-electron chi connectivity index (χ2n) is 2.71. The molecule has 4 nitrogen and oxygen atoms in total. The molecule has 0 spiro atoms. The summed E-state index contributed by atoms with van der Waals surface area (Å²) in [5, 5.41) is 18.3. The molecule has 1 aromatic carbocycles. The van der Waals surface area contributed by atoms with Crippen molar-refractivity contribution in [1.29, 1.82) is 5.26 Å². The highest BCUT2D eigenvalue weighted by Gasteiger charge is 2.19. The van der Waals surface area contributed by atoms with Crippen LogP contribution in [0.3, 0.4) is 0 Å². The SMILES string of the molecule is COc1ccc(O)c(C(=O)CCl)c1C#N. The lowest BCUT2D eigenvalue weighted by Crippen LogP contribution is -2.05. The lowest BCUT2D eigenvalue weighted by Gasteiger charge is -2.08. The van der Waals surface area contributed by atoms with E-state index in [0.29, 0.717) is 0 Å². The summed E-state index contributed by atoms with van der Waals surface area (Å²) in [5.41, 5.74) is -0.0880. The van der Waals surface area contributed by atoms with Gasteiger partial charge >= 0.3 is 0 Å². The third kappa shape index (κ3) is 2.03. The van der Waals surface area contributed by atoms with E-state index in [2.05, 4.69) is 0 Å². The molecule has 0 aromatic heterocycles. The van der Waals surface area contributed by atoms with E-state index in [4.69, 9.17) is 21.6 Å². The van der Waals surface area contributed by atoms with Gasteiger partial charge in [-0.15, -0.1) is 11.6 Å². The number of benzene rings is 1. The van der Waals surface area contributed by atoms with Gasteiger partial charge in [0.1, 0.15) is 23.1 Å². The Morgan fingerprint density at radius 2 is 2.33 bits per heavy atom. The van der Waals surface area contributed by atoms with Crippen LogP contribution >= 0.6 is 11.6 Å². The van der Waals surface area contributed by atoms with Gasteiger partial charge in [-0.2, -0.15) is 5.26 Å². The number of hydrogen-bond acceptors (Lipinski definition) is 4. The molecule has 15 heavy (non-hydrogen) atoms. The lowest BCUT2D eigenvalue weighted by atomic mass is 10.0. The van der Waals surface area contributed by atoms with Crippen molar-refractivity contribution < 1.29 is 14.6 Å². The topological polar surface area (TPSA) is 70.3 Å². The molecule has 78 valence electrons. The smallest absolute Gasteiger partial charge is 0.182 e. The van der Waals surface area contributed by atoms with Gasteiger partial charge in [0.25, 0.3) is 0 Å². The molecule has 0 aliphatic heterocycles.